The molecule has 0 fully saturated rings. The highest BCUT2D eigenvalue weighted by atomic mass is 16.6. The van der Waals surface area contributed by atoms with Gasteiger partial charge in [-0.2, -0.15) is 4.68 Å². The van der Waals surface area contributed by atoms with Crippen LogP contribution >= 0.6 is 0 Å². The van der Waals surface area contributed by atoms with Crippen molar-refractivity contribution in [3.63, 3.8) is 0 Å². The van der Waals surface area contributed by atoms with Crippen LogP contribution in [0, 0.1) is 10.1 Å². The van der Waals surface area contributed by atoms with Gasteiger partial charge in [-0.25, -0.2) is 9.97 Å². The van der Waals surface area contributed by atoms with Crippen molar-refractivity contribution >= 4 is 22.5 Å². The normalized spacial score (nSPS) is 10.5. The predicted molar refractivity (Wildman–Crippen MR) is 79.8 cm³/mol. The van der Waals surface area contributed by atoms with E-state index >= 15 is 0 Å². The summed E-state index contributed by atoms with van der Waals surface area (Å²) in [5, 5.41) is 22.2. The van der Waals surface area contributed by atoms with Gasteiger partial charge in [0.15, 0.2) is 0 Å². The fourth-order valence-corrected chi connectivity index (χ4v) is 2.02. The maximum absolute atomic E-state index is 11.4. The molecule has 9 heteroatoms. The second-order valence-electron chi connectivity index (χ2n) is 4.31. The van der Waals surface area contributed by atoms with Crippen molar-refractivity contribution in [2.24, 2.45) is 0 Å². The first-order valence-corrected chi connectivity index (χ1v) is 6.37. The molecule has 9 nitrogen and oxygen atoms in total. The van der Waals surface area contributed by atoms with Crippen LogP contribution in [0.25, 0.3) is 16.9 Å². The van der Waals surface area contributed by atoms with Gasteiger partial charge in [-0.05, 0) is 12.1 Å². The van der Waals surface area contributed by atoms with Crippen molar-refractivity contribution in [3.05, 3.63) is 53.4 Å². The van der Waals surface area contributed by atoms with E-state index < -0.39 is 4.92 Å². The van der Waals surface area contributed by atoms with E-state index in [1.165, 1.54) is 11.0 Å². The number of rotatable bonds is 5. The van der Waals surface area contributed by atoms with Gasteiger partial charge in [0, 0.05) is 6.54 Å². The maximum Gasteiger partial charge on any atom is 0.355 e. The lowest BCUT2D eigenvalue weighted by atomic mass is 10.3. The number of nitrogens with zero attached hydrogens (tertiary/aromatic N) is 6. The van der Waals surface area contributed by atoms with Crippen molar-refractivity contribution in [1.29, 1.82) is 0 Å². The van der Waals surface area contributed by atoms with Gasteiger partial charge >= 0.3 is 5.69 Å². The van der Waals surface area contributed by atoms with Crippen LogP contribution in [0.15, 0.2) is 43.2 Å². The molecule has 0 radical (unpaired) electrons. The van der Waals surface area contributed by atoms with E-state index in [0.717, 1.165) is 0 Å². The maximum atomic E-state index is 11.4. The first kappa shape index (κ1) is 13.6. The summed E-state index contributed by atoms with van der Waals surface area (Å²) in [5.41, 5.74) is 0.981. The van der Waals surface area contributed by atoms with E-state index in [1.54, 1.807) is 24.3 Å². The van der Waals surface area contributed by atoms with E-state index in [0.29, 0.717) is 17.6 Å². The molecule has 0 amide bonds. The Bertz CT molecular complexity index is 858. The monoisotopic (exact) mass is 297 g/mol. The van der Waals surface area contributed by atoms with Gasteiger partial charge in [0.25, 0.3) is 0 Å². The van der Waals surface area contributed by atoms with Gasteiger partial charge in [0.05, 0.1) is 10.4 Å². The molecule has 0 aliphatic rings. The molecule has 2 aromatic heterocycles. The lowest BCUT2D eigenvalue weighted by Gasteiger charge is -2.07. The summed E-state index contributed by atoms with van der Waals surface area (Å²) < 4.78 is 1.33. The summed E-state index contributed by atoms with van der Waals surface area (Å²) in [7, 11) is 0. The molecule has 0 saturated carbocycles. The van der Waals surface area contributed by atoms with Crippen LogP contribution in [0.4, 0.5) is 11.5 Å². The average molecular weight is 297 g/mol. The molecule has 110 valence electrons. The fourth-order valence-electron chi connectivity index (χ4n) is 2.02. The molecule has 0 atom stereocenters. The Hall–Kier alpha value is -3.36. The van der Waals surface area contributed by atoms with Crippen molar-refractivity contribution in [3.8, 4) is 5.82 Å². The van der Waals surface area contributed by atoms with Crippen molar-refractivity contribution in [2.75, 3.05) is 11.9 Å². The third-order valence-corrected chi connectivity index (χ3v) is 2.95. The number of benzene rings is 1. The van der Waals surface area contributed by atoms with Crippen molar-refractivity contribution < 1.29 is 4.92 Å². The zero-order chi connectivity index (χ0) is 15.5. The van der Waals surface area contributed by atoms with Crippen LogP contribution in [-0.2, 0) is 0 Å². The molecule has 0 aliphatic carbocycles. The van der Waals surface area contributed by atoms with Crippen molar-refractivity contribution in [2.45, 2.75) is 0 Å². The van der Waals surface area contributed by atoms with Crippen LogP contribution < -0.4 is 5.32 Å². The Morgan fingerprint density at radius 1 is 1.36 bits per heavy atom. The molecule has 0 unspecified atom stereocenters. The fraction of sp³-hybridized carbons (Fsp3) is 0.0769. The Balaban J connectivity index is 2.22. The minimum atomic E-state index is -0.544. The van der Waals surface area contributed by atoms with E-state index in [-0.39, 0.29) is 17.3 Å². The summed E-state index contributed by atoms with van der Waals surface area (Å²) in [6.45, 7) is 3.90. The van der Waals surface area contributed by atoms with E-state index in [9.17, 15) is 10.1 Å². The second kappa shape index (κ2) is 5.56. The van der Waals surface area contributed by atoms with Gasteiger partial charge in [-0.1, -0.05) is 23.4 Å². The Morgan fingerprint density at radius 3 is 2.95 bits per heavy atom. The lowest BCUT2D eigenvalue weighted by Crippen LogP contribution is -2.10. The third-order valence-electron chi connectivity index (χ3n) is 2.95. The zero-order valence-corrected chi connectivity index (χ0v) is 11.4. The topological polar surface area (TPSA) is 112 Å². The zero-order valence-electron chi connectivity index (χ0n) is 11.4. The molecule has 0 saturated heterocycles. The first-order valence-electron chi connectivity index (χ1n) is 6.37. The molecule has 2 heterocycles. The minimum absolute atomic E-state index is 0.0558. The molecule has 3 rings (SSSR count). The highest BCUT2D eigenvalue weighted by Gasteiger charge is 2.25. The Morgan fingerprint density at radius 2 is 2.18 bits per heavy atom. The molecular weight excluding hydrogens is 286 g/mol. The predicted octanol–water partition coefficient (Wildman–Crippen LogP) is 1.72. The number of para-hydroxylation sites is 1. The molecule has 1 aromatic carbocycles. The standard InChI is InChI=1S/C13H11N7O2/c1-2-7-14-12-11(20(21)22)13(16-8-15-12)19-10-6-4-3-5-9(10)17-18-19/h2-6,8H,1,7H2,(H,14,15,16). The largest absolute Gasteiger partial charge is 0.361 e. The number of aromatic nitrogens is 5. The van der Waals surface area contributed by atoms with Crippen LogP contribution in [0.1, 0.15) is 0 Å². The number of nitro groups is 1. The lowest BCUT2D eigenvalue weighted by molar-refractivity contribution is -0.384. The molecule has 1 N–H and O–H groups in total. The van der Waals surface area contributed by atoms with E-state index in [2.05, 4.69) is 32.2 Å². The molecule has 0 bridgehead atoms. The van der Waals surface area contributed by atoms with Crippen LogP contribution in [-0.4, -0.2) is 36.4 Å². The molecular formula is C13H11N7O2. The van der Waals surface area contributed by atoms with Gasteiger partial charge in [0.1, 0.15) is 11.8 Å². The van der Waals surface area contributed by atoms with Gasteiger partial charge in [0.2, 0.25) is 11.6 Å². The molecule has 3 aromatic rings. The Labute approximate surface area is 124 Å². The Kier molecular flexibility index (Phi) is 3.44. The van der Waals surface area contributed by atoms with Gasteiger partial charge in [-0.15, -0.1) is 11.7 Å². The smallest absolute Gasteiger partial charge is 0.355 e. The SMILES string of the molecule is C=CCNc1ncnc(-n2nnc3ccccc32)c1[N+](=O)[O-]. The van der Waals surface area contributed by atoms with Crippen LogP contribution in [0.5, 0.6) is 0 Å². The summed E-state index contributed by atoms with van der Waals surface area (Å²) in [5.74, 6) is 0.162. The molecule has 0 aliphatic heterocycles. The summed E-state index contributed by atoms with van der Waals surface area (Å²) in [6, 6.07) is 7.14. The third kappa shape index (κ3) is 2.24. The number of fused-ring (bicyclic) bond motifs is 1. The average Bonchev–Trinajstić information content (AvgIpc) is 2.96. The summed E-state index contributed by atoms with van der Waals surface area (Å²) in [6.07, 6.45) is 2.82. The van der Waals surface area contributed by atoms with Gasteiger partial charge < -0.3 is 5.32 Å². The van der Waals surface area contributed by atoms with E-state index in [4.69, 9.17) is 0 Å². The quantitative estimate of drug-likeness (QED) is 0.433. The number of nitrogens with one attached hydrogen (secondary N) is 1. The van der Waals surface area contributed by atoms with Crippen molar-refractivity contribution in [1.82, 2.24) is 25.0 Å². The highest BCUT2D eigenvalue weighted by Crippen LogP contribution is 2.28. The first-order chi connectivity index (χ1) is 10.7. The highest BCUT2D eigenvalue weighted by molar-refractivity contribution is 5.77. The number of hydrogen-bond acceptors (Lipinski definition) is 7. The molecule has 0 spiro atoms. The number of hydrogen-bond donors (Lipinski definition) is 1. The van der Waals surface area contributed by atoms with E-state index in [1.807, 2.05) is 6.07 Å². The summed E-state index contributed by atoms with van der Waals surface area (Å²) >= 11 is 0. The second-order valence-corrected chi connectivity index (χ2v) is 4.31. The molecule has 22 heavy (non-hydrogen) atoms. The number of anilines is 1. The minimum Gasteiger partial charge on any atom is -0.361 e. The van der Waals surface area contributed by atoms with Crippen LogP contribution in [0.2, 0.25) is 0 Å². The van der Waals surface area contributed by atoms with Crippen LogP contribution in [0.3, 0.4) is 0 Å². The van der Waals surface area contributed by atoms with Gasteiger partial charge in [-0.3, -0.25) is 10.1 Å². The summed E-state index contributed by atoms with van der Waals surface area (Å²) in [4.78, 5) is 18.8.